The molecule has 2 aromatic rings. The zero-order valence-electron chi connectivity index (χ0n) is 12.3. The predicted molar refractivity (Wildman–Crippen MR) is 82.0 cm³/mol. The van der Waals surface area contributed by atoms with E-state index in [1.807, 2.05) is 4.90 Å². The van der Waals surface area contributed by atoms with Crippen molar-refractivity contribution in [2.45, 2.75) is 18.8 Å². The van der Waals surface area contributed by atoms with Gasteiger partial charge in [-0.1, -0.05) is 0 Å². The highest BCUT2D eigenvalue weighted by molar-refractivity contribution is 7.07. The van der Waals surface area contributed by atoms with Crippen LogP contribution < -0.4 is 4.74 Å². The summed E-state index contributed by atoms with van der Waals surface area (Å²) in [4.78, 5) is 14.5. The van der Waals surface area contributed by atoms with E-state index in [2.05, 4.69) is 21.9 Å². The summed E-state index contributed by atoms with van der Waals surface area (Å²) in [5.74, 6) is 1.00. The SMILES string of the molecule is COc1nn(C)cc1C(=O)N1CCC(c2ccsc2)CC1. The lowest BCUT2D eigenvalue weighted by molar-refractivity contribution is 0.0709. The van der Waals surface area contributed by atoms with Gasteiger partial charge in [-0.25, -0.2) is 0 Å². The molecule has 1 saturated heterocycles. The molecule has 6 heteroatoms. The number of ether oxygens (including phenoxy) is 1. The van der Waals surface area contributed by atoms with Gasteiger partial charge in [0, 0.05) is 26.3 Å². The Bertz CT molecular complexity index is 613. The molecule has 21 heavy (non-hydrogen) atoms. The van der Waals surface area contributed by atoms with Crippen LogP contribution in [0.1, 0.15) is 34.7 Å². The molecular weight excluding hydrogens is 286 g/mol. The van der Waals surface area contributed by atoms with Crippen molar-refractivity contribution >= 4 is 17.2 Å². The largest absolute Gasteiger partial charge is 0.479 e. The van der Waals surface area contributed by atoms with Gasteiger partial charge in [-0.15, -0.1) is 5.10 Å². The van der Waals surface area contributed by atoms with E-state index in [1.165, 1.54) is 5.56 Å². The van der Waals surface area contributed by atoms with Crippen molar-refractivity contribution in [1.29, 1.82) is 0 Å². The number of carbonyl (C=O) groups is 1. The van der Waals surface area contributed by atoms with Crippen LogP contribution in [0.25, 0.3) is 0 Å². The number of methoxy groups -OCH3 is 1. The van der Waals surface area contributed by atoms with Crippen LogP contribution in [0, 0.1) is 0 Å². The van der Waals surface area contributed by atoms with Crippen molar-refractivity contribution in [3.63, 3.8) is 0 Å². The fraction of sp³-hybridized carbons (Fsp3) is 0.467. The number of hydrogen-bond donors (Lipinski definition) is 0. The number of aryl methyl sites for hydroxylation is 1. The smallest absolute Gasteiger partial charge is 0.260 e. The van der Waals surface area contributed by atoms with E-state index in [4.69, 9.17) is 4.74 Å². The fourth-order valence-electron chi connectivity index (χ4n) is 2.86. The van der Waals surface area contributed by atoms with E-state index in [1.54, 1.807) is 36.4 Å². The van der Waals surface area contributed by atoms with Gasteiger partial charge in [0.15, 0.2) is 0 Å². The highest BCUT2D eigenvalue weighted by Gasteiger charge is 2.27. The highest BCUT2D eigenvalue weighted by atomic mass is 32.1. The second kappa shape index (κ2) is 5.89. The molecule has 2 aromatic heterocycles. The fourth-order valence-corrected chi connectivity index (χ4v) is 3.60. The lowest BCUT2D eigenvalue weighted by atomic mass is 9.91. The van der Waals surface area contributed by atoms with Gasteiger partial charge in [0.1, 0.15) is 5.56 Å². The standard InChI is InChI=1S/C15H19N3O2S/c1-17-9-13(14(16-17)20-2)15(19)18-6-3-11(4-7-18)12-5-8-21-10-12/h5,8-11H,3-4,6-7H2,1-2H3. The maximum Gasteiger partial charge on any atom is 0.260 e. The van der Waals surface area contributed by atoms with Gasteiger partial charge in [0.2, 0.25) is 5.88 Å². The zero-order valence-corrected chi connectivity index (χ0v) is 13.1. The number of carbonyl (C=O) groups excluding carboxylic acids is 1. The summed E-state index contributed by atoms with van der Waals surface area (Å²) in [5, 5.41) is 8.48. The molecule has 1 aliphatic rings. The Kier molecular flexibility index (Phi) is 3.96. The molecular formula is C15H19N3O2S. The number of aromatic nitrogens is 2. The van der Waals surface area contributed by atoms with E-state index in [0.717, 1.165) is 25.9 Å². The topological polar surface area (TPSA) is 47.4 Å². The van der Waals surface area contributed by atoms with Gasteiger partial charge in [-0.05, 0) is 41.1 Å². The summed E-state index contributed by atoms with van der Waals surface area (Å²) < 4.78 is 6.80. The Morgan fingerprint density at radius 1 is 1.43 bits per heavy atom. The van der Waals surface area contributed by atoms with Crippen LogP contribution in [0.4, 0.5) is 0 Å². The Labute approximate surface area is 128 Å². The summed E-state index contributed by atoms with van der Waals surface area (Å²) in [6, 6.07) is 2.19. The first-order valence-electron chi connectivity index (χ1n) is 7.08. The van der Waals surface area contributed by atoms with Crippen LogP contribution in [0.5, 0.6) is 5.88 Å². The van der Waals surface area contributed by atoms with Crippen LogP contribution in [-0.4, -0.2) is 40.8 Å². The molecule has 0 N–H and O–H groups in total. The second-order valence-electron chi connectivity index (χ2n) is 5.35. The van der Waals surface area contributed by atoms with Crippen LogP contribution in [0.2, 0.25) is 0 Å². The molecule has 0 radical (unpaired) electrons. The van der Waals surface area contributed by atoms with Gasteiger partial charge in [0.25, 0.3) is 5.91 Å². The van der Waals surface area contributed by atoms with Crippen molar-refractivity contribution in [2.24, 2.45) is 7.05 Å². The monoisotopic (exact) mass is 305 g/mol. The Morgan fingerprint density at radius 2 is 2.19 bits per heavy atom. The van der Waals surface area contributed by atoms with E-state index < -0.39 is 0 Å². The van der Waals surface area contributed by atoms with Crippen molar-refractivity contribution in [1.82, 2.24) is 14.7 Å². The van der Waals surface area contributed by atoms with E-state index in [9.17, 15) is 4.79 Å². The van der Waals surface area contributed by atoms with Crippen molar-refractivity contribution in [3.8, 4) is 5.88 Å². The van der Waals surface area contributed by atoms with Crippen LogP contribution in [-0.2, 0) is 7.05 Å². The normalized spacial score (nSPS) is 16.2. The number of likely N-dealkylation sites (tertiary alicyclic amines) is 1. The van der Waals surface area contributed by atoms with E-state index >= 15 is 0 Å². The molecule has 0 aliphatic carbocycles. The van der Waals surface area contributed by atoms with Crippen molar-refractivity contribution < 1.29 is 9.53 Å². The second-order valence-corrected chi connectivity index (χ2v) is 6.13. The third kappa shape index (κ3) is 2.81. The van der Waals surface area contributed by atoms with Gasteiger partial charge in [-0.2, -0.15) is 11.3 Å². The molecule has 1 aliphatic heterocycles. The summed E-state index contributed by atoms with van der Waals surface area (Å²) in [6.07, 6.45) is 3.77. The molecule has 0 spiro atoms. The average molecular weight is 305 g/mol. The average Bonchev–Trinajstić information content (AvgIpc) is 3.16. The number of nitrogens with zero attached hydrogens (tertiary/aromatic N) is 3. The molecule has 0 unspecified atom stereocenters. The van der Waals surface area contributed by atoms with Crippen molar-refractivity contribution in [2.75, 3.05) is 20.2 Å². The highest BCUT2D eigenvalue weighted by Crippen LogP contribution is 2.30. The first kappa shape index (κ1) is 14.1. The lowest BCUT2D eigenvalue weighted by Gasteiger charge is -2.31. The molecule has 1 fully saturated rings. The molecule has 5 nitrogen and oxygen atoms in total. The van der Waals surface area contributed by atoms with E-state index in [-0.39, 0.29) is 5.91 Å². The Hall–Kier alpha value is -1.82. The summed E-state index contributed by atoms with van der Waals surface area (Å²) >= 11 is 1.74. The molecule has 112 valence electrons. The van der Waals surface area contributed by atoms with Gasteiger partial charge >= 0.3 is 0 Å². The quantitative estimate of drug-likeness (QED) is 0.875. The molecule has 0 bridgehead atoms. The van der Waals surface area contributed by atoms with Gasteiger partial charge in [-0.3, -0.25) is 9.48 Å². The number of thiophene rings is 1. The van der Waals surface area contributed by atoms with Crippen LogP contribution >= 0.6 is 11.3 Å². The Balaban J connectivity index is 1.67. The summed E-state index contributed by atoms with van der Waals surface area (Å²) in [5.41, 5.74) is 1.96. The lowest BCUT2D eigenvalue weighted by Crippen LogP contribution is -2.37. The first-order valence-corrected chi connectivity index (χ1v) is 8.02. The minimum Gasteiger partial charge on any atom is -0.479 e. The summed E-state index contributed by atoms with van der Waals surface area (Å²) in [7, 11) is 3.34. The maximum atomic E-state index is 12.6. The molecule has 0 saturated carbocycles. The third-order valence-corrected chi connectivity index (χ3v) is 4.72. The van der Waals surface area contributed by atoms with Crippen LogP contribution in [0.15, 0.2) is 23.0 Å². The Morgan fingerprint density at radius 3 is 2.81 bits per heavy atom. The third-order valence-electron chi connectivity index (χ3n) is 4.02. The van der Waals surface area contributed by atoms with Gasteiger partial charge in [0.05, 0.1) is 7.11 Å². The molecule has 3 heterocycles. The summed E-state index contributed by atoms with van der Waals surface area (Å²) in [6.45, 7) is 1.58. The molecule has 3 rings (SSSR count). The molecule has 0 atom stereocenters. The van der Waals surface area contributed by atoms with Crippen molar-refractivity contribution in [3.05, 3.63) is 34.2 Å². The predicted octanol–water partition coefficient (Wildman–Crippen LogP) is 2.51. The van der Waals surface area contributed by atoms with E-state index in [0.29, 0.717) is 17.4 Å². The van der Waals surface area contributed by atoms with Crippen LogP contribution in [0.3, 0.4) is 0 Å². The number of piperidine rings is 1. The number of hydrogen-bond acceptors (Lipinski definition) is 4. The van der Waals surface area contributed by atoms with Gasteiger partial charge < -0.3 is 9.64 Å². The minimum absolute atomic E-state index is 0.0173. The molecule has 0 aromatic carbocycles. The first-order chi connectivity index (χ1) is 10.2. The maximum absolute atomic E-state index is 12.6. The molecule has 1 amide bonds. The zero-order chi connectivity index (χ0) is 14.8. The number of amides is 1. The minimum atomic E-state index is 0.0173. The number of rotatable bonds is 3.